The van der Waals surface area contributed by atoms with E-state index in [2.05, 4.69) is 5.32 Å². The molecule has 0 aliphatic rings. The summed E-state index contributed by atoms with van der Waals surface area (Å²) in [6, 6.07) is 8.46. The summed E-state index contributed by atoms with van der Waals surface area (Å²) >= 11 is 0. The van der Waals surface area contributed by atoms with Crippen LogP contribution in [-0.2, 0) is 0 Å². The molecule has 0 aromatic heterocycles. The van der Waals surface area contributed by atoms with Crippen LogP contribution in [0.15, 0.2) is 36.4 Å². The number of halogens is 2. The molecule has 0 bridgehead atoms. The van der Waals surface area contributed by atoms with Gasteiger partial charge in [-0.1, -0.05) is 6.07 Å². The lowest BCUT2D eigenvalue weighted by Crippen LogP contribution is -2.11. The summed E-state index contributed by atoms with van der Waals surface area (Å²) in [5, 5.41) is 3.05. The number of nitrogens with one attached hydrogen (secondary N) is 1. The molecule has 1 N–H and O–H groups in total. The zero-order valence-electron chi connectivity index (χ0n) is 12.1. The highest BCUT2D eigenvalue weighted by atomic mass is 19.1. The fourth-order valence-corrected chi connectivity index (χ4v) is 2.15. The first-order chi connectivity index (χ1) is 10.1. The predicted octanol–water partition coefficient (Wildman–Crippen LogP) is 4.16. The molecule has 0 heterocycles. The highest BCUT2D eigenvalue weighted by Gasteiger charge is 2.17. The van der Waals surface area contributed by atoms with Crippen molar-refractivity contribution in [2.75, 3.05) is 19.5 Å². The van der Waals surface area contributed by atoms with E-state index in [1.165, 1.54) is 25.3 Å². The summed E-state index contributed by atoms with van der Waals surface area (Å²) in [5.41, 5.74) is 0.629. The Hall–Kier alpha value is -2.30. The maximum absolute atomic E-state index is 13.8. The van der Waals surface area contributed by atoms with Crippen molar-refractivity contribution in [3.05, 3.63) is 53.6 Å². The first-order valence-electron chi connectivity index (χ1n) is 6.49. The molecule has 2 aromatic rings. The van der Waals surface area contributed by atoms with Gasteiger partial charge < -0.3 is 14.8 Å². The van der Waals surface area contributed by atoms with E-state index < -0.39 is 17.7 Å². The van der Waals surface area contributed by atoms with Crippen molar-refractivity contribution in [1.29, 1.82) is 0 Å². The van der Waals surface area contributed by atoms with Crippen LogP contribution in [0, 0.1) is 11.6 Å². The molecule has 0 radical (unpaired) electrons. The highest BCUT2D eigenvalue weighted by Crippen LogP contribution is 2.32. The van der Waals surface area contributed by atoms with Gasteiger partial charge in [0.1, 0.15) is 23.1 Å². The van der Waals surface area contributed by atoms with Gasteiger partial charge in [0.05, 0.1) is 25.9 Å². The van der Waals surface area contributed by atoms with Gasteiger partial charge in [0.25, 0.3) is 0 Å². The van der Waals surface area contributed by atoms with Gasteiger partial charge in [-0.05, 0) is 31.2 Å². The number of anilines is 1. The van der Waals surface area contributed by atoms with Crippen molar-refractivity contribution in [2.45, 2.75) is 13.0 Å². The minimum absolute atomic E-state index is 0.00429. The van der Waals surface area contributed by atoms with Crippen molar-refractivity contribution < 1.29 is 18.3 Å². The quantitative estimate of drug-likeness (QED) is 0.898. The number of rotatable bonds is 5. The Balaban J connectivity index is 2.29. The normalized spacial score (nSPS) is 11.9. The third-order valence-corrected chi connectivity index (χ3v) is 3.21. The Labute approximate surface area is 122 Å². The summed E-state index contributed by atoms with van der Waals surface area (Å²) < 4.78 is 37.9. The number of ether oxygens (including phenoxy) is 2. The molecule has 2 aromatic carbocycles. The van der Waals surface area contributed by atoms with Crippen LogP contribution >= 0.6 is 0 Å². The van der Waals surface area contributed by atoms with E-state index in [9.17, 15) is 8.78 Å². The molecular weight excluding hydrogens is 276 g/mol. The summed E-state index contributed by atoms with van der Waals surface area (Å²) in [6.07, 6.45) is 0. The molecule has 5 heteroatoms. The van der Waals surface area contributed by atoms with Crippen molar-refractivity contribution in [2.24, 2.45) is 0 Å². The molecule has 2 rings (SSSR count). The molecule has 0 fully saturated rings. The monoisotopic (exact) mass is 293 g/mol. The van der Waals surface area contributed by atoms with Gasteiger partial charge in [0.15, 0.2) is 0 Å². The van der Waals surface area contributed by atoms with E-state index in [0.29, 0.717) is 17.2 Å². The van der Waals surface area contributed by atoms with Gasteiger partial charge in [-0.25, -0.2) is 8.78 Å². The average Bonchev–Trinajstić information content (AvgIpc) is 2.47. The molecule has 0 saturated heterocycles. The third kappa shape index (κ3) is 3.24. The SMILES string of the molecule is COc1ccc(NC(C)c2c(F)cccc2F)c(OC)c1. The molecule has 1 atom stereocenters. The minimum atomic E-state index is -0.581. The lowest BCUT2D eigenvalue weighted by Gasteiger charge is -2.19. The first-order valence-corrected chi connectivity index (χ1v) is 6.49. The molecular formula is C16H17F2NO2. The molecule has 3 nitrogen and oxygen atoms in total. The summed E-state index contributed by atoms with van der Waals surface area (Å²) in [4.78, 5) is 0. The number of benzene rings is 2. The van der Waals surface area contributed by atoms with Gasteiger partial charge in [0, 0.05) is 11.6 Å². The second-order valence-corrected chi connectivity index (χ2v) is 4.57. The second-order valence-electron chi connectivity index (χ2n) is 4.57. The lowest BCUT2D eigenvalue weighted by atomic mass is 10.1. The van der Waals surface area contributed by atoms with E-state index in [-0.39, 0.29) is 5.56 Å². The van der Waals surface area contributed by atoms with Gasteiger partial charge in [-0.3, -0.25) is 0 Å². The van der Waals surface area contributed by atoms with Crippen LogP contribution < -0.4 is 14.8 Å². The number of hydrogen-bond donors (Lipinski definition) is 1. The Bertz CT molecular complexity index is 611. The van der Waals surface area contributed by atoms with Crippen LogP contribution in [0.5, 0.6) is 11.5 Å². The average molecular weight is 293 g/mol. The Morgan fingerprint density at radius 1 is 1.00 bits per heavy atom. The molecule has 21 heavy (non-hydrogen) atoms. The standard InChI is InChI=1S/C16H17F2NO2/c1-10(16-12(17)5-4-6-13(16)18)19-14-8-7-11(20-2)9-15(14)21-3/h4-10,19H,1-3H3. The van der Waals surface area contributed by atoms with E-state index in [4.69, 9.17) is 9.47 Å². The number of hydrogen-bond acceptors (Lipinski definition) is 3. The first kappa shape index (κ1) is 15.1. The summed E-state index contributed by atoms with van der Waals surface area (Å²) in [5.74, 6) is 0.0185. The van der Waals surface area contributed by atoms with Crippen LogP contribution in [0.4, 0.5) is 14.5 Å². The largest absolute Gasteiger partial charge is 0.497 e. The highest BCUT2D eigenvalue weighted by molar-refractivity contribution is 5.60. The molecule has 0 aliphatic heterocycles. The number of methoxy groups -OCH3 is 2. The van der Waals surface area contributed by atoms with E-state index >= 15 is 0 Å². The van der Waals surface area contributed by atoms with E-state index in [1.54, 1.807) is 32.2 Å². The molecule has 1 unspecified atom stereocenters. The van der Waals surface area contributed by atoms with Gasteiger partial charge in [-0.15, -0.1) is 0 Å². The summed E-state index contributed by atoms with van der Waals surface area (Å²) in [7, 11) is 3.08. The Morgan fingerprint density at radius 3 is 2.24 bits per heavy atom. The van der Waals surface area contributed by atoms with Crippen LogP contribution in [0.3, 0.4) is 0 Å². The molecule has 0 spiro atoms. The fourth-order valence-electron chi connectivity index (χ4n) is 2.15. The molecule has 112 valence electrons. The van der Waals surface area contributed by atoms with Gasteiger partial charge in [-0.2, -0.15) is 0 Å². The molecule has 0 amide bonds. The van der Waals surface area contributed by atoms with Crippen LogP contribution in [0.1, 0.15) is 18.5 Å². The minimum Gasteiger partial charge on any atom is -0.497 e. The lowest BCUT2D eigenvalue weighted by molar-refractivity contribution is 0.395. The smallest absolute Gasteiger partial charge is 0.145 e. The third-order valence-electron chi connectivity index (χ3n) is 3.21. The zero-order valence-corrected chi connectivity index (χ0v) is 12.1. The zero-order chi connectivity index (χ0) is 15.4. The van der Waals surface area contributed by atoms with Gasteiger partial charge in [0.2, 0.25) is 0 Å². The fraction of sp³-hybridized carbons (Fsp3) is 0.250. The maximum Gasteiger partial charge on any atom is 0.145 e. The van der Waals surface area contributed by atoms with Crippen LogP contribution in [-0.4, -0.2) is 14.2 Å². The van der Waals surface area contributed by atoms with Crippen LogP contribution in [0.25, 0.3) is 0 Å². The van der Waals surface area contributed by atoms with Crippen molar-refractivity contribution in [3.63, 3.8) is 0 Å². The van der Waals surface area contributed by atoms with E-state index in [0.717, 1.165) is 0 Å². The second kappa shape index (κ2) is 6.43. The van der Waals surface area contributed by atoms with Crippen molar-refractivity contribution in [3.8, 4) is 11.5 Å². The molecule has 0 aliphatic carbocycles. The maximum atomic E-state index is 13.8. The molecule has 0 saturated carbocycles. The predicted molar refractivity (Wildman–Crippen MR) is 77.9 cm³/mol. The Kier molecular flexibility index (Phi) is 4.62. The Morgan fingerprint density at radius 2 is 1.67 bits per heavy atom. The van der Waals surface area contributed by atoms with Crippen molar-refractivity contribution in [1.82, 2.24) is 0 Å². The van der Waals surface area contributed by atoms with Crippen LogP contribution in [0.2, 0.25) is 0 Å². The van der Waals surface area contributed by atoms with Gasteiger partial charge >= 0.3 is 0 Å². The summed E-state index contributed by atoms with van der Waals surface area (Å²) in [6.45, 7) is 1.69. The topological polar surface area (TPSA) is 30.5 Å². The van der Waals surface area contributed by atoms with E-state index in [1.807, 2.05) is 0 Å². The van der Waals surface area contributed by atoms with Crippen molar-refractivity contribution >= 4 is 5.69 Å².